The van der Waals surface area contributed by atoms with E-state index < -0.39 is 0 Å². The molecule has 0 spiro atoms. The summed E-state index contributed by atoms with van der Waals surface area (Å²) in [6.07, 6.45) is 0. The Kier molecular flexibility index (Phi) is 6.05. The van der Waals surface area contributed by atoms with Crippen molar-refractivity contribution in [3.05, 3.63) is 54.1 Å². The minimum Gasteiger partial charge on any atom is -0.457 e. The van der Waals surface area contributed by atoms with Crippen molar-refractivity contribution in [3.8, 4) is 11.5 Å². The fraction of sp³-hybridized carbons (Fsp3) is 0.333. The van der Waals surface area contributed by atoms with Gasteiger partial charge in [-0.05, 0) is 50.7 Å². The third-order valence-electron chi connectivity index (χ3n) is 3.51. The Balaban J connectivity index is 1.90. The third kappa shape index (κ3) is 5.21. The van der Waals surface area contributed by atoms with Crippen LogP contribution in [0.1, 0.15) is 5.56 Å². The van der Waals surface area contributed by atoms with Crippen LogP contribution in [-0.4, -0.2) is 39.1 Å². The molecule has 0 heterocycles. The van der Waals surface area contributed by atoms with Gasteiger partial charge in [-0.3, -0.25) is 0 Å². The largest absolute Gasteiger partial charge is 0.457 e. The summed E-state index contributed by atoms with van der Waals surface area (Å²) in [5.41, 5.74) is 2.39. The Hall–Kier alpha value is -1.78. The third-order valence-corrected chi connectivity index (χ3v) is 3.51. The summed E-state index contributed by atoms with van der Waals surface area (Å²) in [6.45, 7) is 5.89. The fourth-order valence-corrected chi connectivity index (χ4v) is 2.06. The average molecular weight is 297 g/mol. The summed E-state index contributed by atoms with van der Waals surface area (Å²) in [5, 5.41) is 0. The van der Waals surface area contributed by atoms with Gasteiger partial charge in [-0.2, -0.15) is 0 Å². The normalized spacial score (nSPS) is 10.8. The predicted molar refractivity (Wildman–Crippen MR) is 93.5 cm³/mol. The van der Waals surface area contributed by atoms with E-state index in [0.29, 0.717) is 0 Å². The van der Waals surface area contributed by atoms with E-state index in [1.807, 2.05) is 50.5 Å². The number of ether oxygens (including phenoxy) is 1. The summed E-state index contributed by atoms with van der Waals surface area (Å²) in [6, 6.07) is 16.1. The Labute approximate surface area is 134 Å². The molecule has 2 aromatic rings. The van der Waals surface area contributed by atoms with Gasteiger partial charge in [0.25, 0.3) is 0 Å². The predicted octanol–water partition coefficient (Wildman–Crippen LogP) is 3.19. The summed E-state index contributed by atoms with van der Waals surface area (Å²) >= 11 is 0. The second-order valence-electron chi connectivity index (χ2n) is 5.80. The van der Waals surface area contributed by atoms with Gasteiger partial charge < -0.3 is 14.3 Å². The number of benzene rings is 2. The van der Waals surface area contributed by atoms with Crippen LogP contribution in [0.5, 0.6) is 11.5 Å². The van der Waals surface area contributed by atoms with Crippen LogP contribution in [0.3, 0.4) is 0 Å². The summed E-state index contributed by atoms with van der Waals surface area (Å²) in [7, 11) is 4.09. The Bertz CT molecular complexity index is 567. The molecule has 0 saturated heterocycles. The first kappa shape index (κ1) is 16.6. The van der Waals surface area contributed by atoms with Gasteiger partial charge in [-0.1, -0.05) is 36.7 Å². The standard InChI is InChI=1S/C18H24BNO2/c1-15-5-9-17(10-6-15)22-18-11-7-16(8-12-18)19(2)21-14-13-20(3)4/h5-12H,13-14H2,1-4H3. The molecule has 0 bridgehead atoms. The first-order valence-corrected chi connectivity index (χ1v) is 7.65. The molecule has 0 radical (unpaired) electrons. The van der Waals surface area contributed by atoms with E-state index in [9.17, 15) is 0 Å². The molecule has 0 aliphatic carbocycles. The SMILES string of the molecule is CB(OCCN(C)C)c1ccc(Oc2ccc(C)cc2)cc1. The van der Waals surface area contributed by atoms with E-state index in [4.69, 9.17) is 9.39 Å². The molecule has 22 heavy (non-hydrogen) atoms. The van der Waals surface area contributed by atoms with Crippen LogP contribution in [0.4, 0.5) is 0 Å². The average Bonchev–Trinajstić information content (AvgIpc) is 2.50. The lowest BCUT2D eigenvalue weighted by atomic mass is 9.64. The molecule has 4 heteroatoms. The number of hydrogen-bond donors (Lipinski definition) is 0. The molecular weight excluding hydrogens is 273 g/mol. The molecule has 0 N–H and O–H groups in total. The molecule has 0 amide bonds. The zero-order valence-corrected chi connectivity index (χ0v) is 13.9. The number of likely N-dealkylation sites (N-methyl/N-ethyl adjacent to an activating group) is 1. The van der Waals surface area contributed by atoms with Crippen LogP contribution in [0.15, 0.2) is 48.5 Å². The second-order valence-corrected chi connectivity index (χ2v) is 5.80. The van der Waals surface area contributed by atoms with Gasteiger partial charge in [0, 0.05) is 13.2 Å². The lowest BCUT2D eigenvalue weighted by Gasteiger charge is -2.14. The van der Waals surface area contributed by atoms with Gasteiger partial charge in [0.1, 0.15) is 11.5 Å². The van der Waals surface area contributed by atoms with Crippen LogP contribution < -0.4 is 10.2 Å². The fourth-order valence-electron chi connectivity index (χ4n) is 2.06. The summed E-state index contributed by atoms with van der Waals surface area (Å²) < 4.78 is 11.7. The van der Waals surface area contributed by atoms with E-state index in [-0.39, 0.29) is 6.92 Å². The maximum absolute atomic E-state index is 5.83. The van der Waals surface area contributed by atoms with Crippen LogP contribution in [0.2, 0.25) is 6.82 Å². The molecule has 0 aromatic heterocycles. The van der Waals surface area contributed by atoms with Crippen molar-refractivity contribution in [2.45, 2.75) is 13.7 Å². The van der Waals surface area contributed by atoms with Crippen LogP contribution >= 0.6 is 0 Å². The van der Waals surface area contributed by atoms with Crippen molar-refractivity contribution in [2.75, 3.05) is 27.2 Å². The highest BCUT2D eigenvalue weighted by Gasteiger charge is 2.11. The Morgan fingerprint density at radius 1 is 0.909 bits per heavy atom. The van der Waals surface area contributed by atoms with Crippen molar-refractivity contribution < 1.29 is 9.39 Å². The van der Waals surface area contributed by atoms with Crippen LogP contribution in [-0.2, 0) is 4.65 Å². The lowest BCUT2D eigenvalue weighted by molar-refractivity contribution is 0.267. The van der Waals surface area contributed by atoms with E-state index in [0.717, 1.165) is 30.1 Å². The van der Waals surface area contributed by atoms with Gasteiger partial charge in [0.2, 0.25) is 0 Å². The van der Waals surface area contributed by atoms with Crippen molar-refractivity contribution in [3.63, 3.8) is 0 Å². The molecule has 0 aliphatic rings. The van der Waals surface area contributed by atoms with Gasteiger partial charge in [-0.15, -0.1) is 0 Å². The smallest absolute Gasteiger partial charge is 0.323 e. The summed E-state index contributed by atoms with van der Waals surface area (Å²) in [4.78, 5) is 2.12. The van der Waals surface area contributed by atoms with Crippen LogP contribution in [0, 0.1) is 6.92 Å². The highest BCUT2D eigenvalue weighted by Crippen LogP contribution is 2.20. The van der Waals surface area contributed by atoms with Crippen molar-refractivity contribution in [2.24, 2.45) is 0 Å². The number of hydrogen-bond acceptors (Lipinski definition) is 3. The van der Waals surface area contributed by atoms with Crippen molar-refractivity contribution in [1.82, 2.24) is 4.90 Å². The molecule has 3 nitrogen and oxygen atoms in total. The number of aryl methyl sites for hydroxylation is 1. The molecule has 0 unspecified atom stereocenters. The Morgan fingerprint density at radius 3 is 2.00 bits per heavy atom. The Morgan fingerprint density at radius 2 is 1.45 bits per heavy atom. The zero-order valence-electron chi connectivity index (χ0n) is 13.9. The second kappa shape index (κ2) is 8.02. The molecule has 0 aliphatic heterocycles. The van der Waals surface area contributed by atoms with E-state index in [2.05, 4.69) is 30.8 Å². The minimum atomic E-state index is 0.0911. The number of rotatable bonds is 7. The summed E-state index contributed by atoms with van der Waals surface area (Å²) in [5.74, 6) is 1.70. The highest BCUT2D eigenvalue weighted by atomic mass is 16.5. The van der Waals surface area contributed by atoms with Crippen molar-refractivity contribution >= 4 is 12.4 Å². The lowest BCUT2D eigenvalue weighted by Crippen LogP contribution is -2.32. The molecule has 116 valence electrons. The van der Waals surface area contributed by atoms with Gasteiger partial charge in [-0.25, -0.2) is 0 Å². The quantitative estimate of drug-likeness (QED) is 0.733. The van der Waals surface area contributed by atoms with E-state index in [1.165, 1.54) is 5.56 Å². The van der Waals surface area contributed by atoms with E-state index >= 15 is 0 Å². The molecule has 2 aromatic carbocycles. The van der Waals surface area contributed by atoms with E-state index in [1.54, 1.807) is 0 Å². The monoisotopic (exact) mass is 297 g/mol. The maximum atomic E-state index is 5.83. The molecule has 0 saturated carbocycles. The zero-order chi connectivity index (χ0) is 15.9. The molecule has 0 fully saturated rings. The molecule has 0 atom stereocenters. The first-order valence-electron chi connectivity index (χ1n) is 7.65. The van der Waals surface area contributed by atoms with Gasteiger partial charge >= 0.3 is 6.92 Å². The van der Waals surface area contributed by atoms with Gasteiger partial charge in [0.05, 0.1) is 0 Å². The van der Waals surface area contributed by atoms with Gasteiger partial charge in [0.15, 0.2) is 0 Å². The molecular formula is C18H24BNO2. The highest BCUT2D eigenvalue weighted by molar-refractivity contribution is 6.66. The maximum Gasteiger partial charge on any atom is 0.323 e. The topological polar surface area (TPSA) is 21.7 Å². The van der Waals surface area contributed by atoms with Crippen LogP contribution in [0.25, 0.3) is 0 Å². The van der Waals surface area contributed by atoms with Crippen molar-refractivity contribution in [1.29, 1.82) is 0 Å². The first-order chi connectivity index (χ1) is 10.5. The molecule has 2 rings (SSSR count). The number of nitrogens with zero attached hydrogens (tertiary/aromatic N) is 1. The minimum absolute atomic E-state index is 0.0911.